The Kier molecular flexibility index (Phi) is 5.58. The predicted octanol–water partition coefficient (Wildman–Crippen LogP) is 4.29. The van der Waals surface area contributed by atoms with E-state index < -0.39 is 23.2 Å². The predicted molar refractivity (Wildman–Crippen MR) is 113 cm³/mol. The summed E-state index contributed by atoms with van der Waals surface area (Å²) in [4.78, 5) is 43.4. The maximum atomic E-state index is 13.2. The van der Waals surface area contributed by atoms with Crippen LogP contribution in [-0.4, -0.2) is 46.3 Å². The van der Waals surface area contributed by atoms with Gasteiger partial charge in [-0.2, -0.15) is 0 Å². The number of amides is 2. The molecule has 2 aliphatic rings. The first-order valence-electron chi connectivity index (χ1n) is 9.96. The van der Waals surface area contributed by atoms with Gasteiger partial charge in [-0.05, 0) is 44.9 Å². The molecule has 1 aromatic rings. The lowest BCUT2D eigenvalue weighted by molar-refractivity contribution is -0.140. The van der Waals surface area contributed by atoms with Crippen LogP contribution in [0, 0.1) is 0 Å². The maximum absolute atomic E-state index is 13.2. The molecule has 1 saturated heterocycles. The zero-order chi connectivity index (χ0) is 22.3. The highest BCUT2D eigenvalue weighted by Crippen LogP contribution is 2.47. The Bertz CT molecular complexity index is 943. The second kappa shape index (κ2) is 7.70. The van der Waals surface area contributed by atoms with Gasteiger partial charge in [0, 0.05) is 25.7 Å². The number of likely N-dealkylation sites (tertiary alicyclic amines) is 1. The number of ether oxygens (including phenoxy) is 2. The topological polar surface area (TPSA) is 85.3 Å². The lowest BCUT2D eigenvalue weighted by Gasteiger charge is -2.46. The summed E-state index contributed by atoms with van der Waals surface area (Å²) >= 11 is 0. The molecule has 160 valence electrons. The molecule has 0 saturated carbocycles. The Balaban J connectivity index is 2.02. The number of para-hydroxylation sites is 1. The van der Waals surface area contributed by atoms with E-state index in [1.165, 1.54) is 11.8 Å². The molecule has 0 aromatic heterocycles. The number of esters is 1. The van der Waals surface area contributed by atoms with Crippen molar-refractivity contribution in [2.45, 2.75) is 64.5 Å². The molecule has 2 amide bonds. The average Bonchev–Trinajstić information content (AvgIpc) is 2.98. The summed E-state index contributed by atoms with van der Waals surface area (Å²) in [5.74, 6) is -0.958. The van der Waals surface area contributed by atoms with Crippen LogP contribution in [0.5, 0.6) is 0 Å². The van der Waals surface area contributed by atoms with Gasteiger partial charge < -0.3 is 9.47 Å². The van der Waals surface area contributed by atoms with E-state index in [4.69, 9.17) is 14.5 Å². The van der Waals surface area contributed by atoms with Gasteiger partial charge in [0.1, 0.15) is 12.2 Å². The smallest absolute Gasteiger partial charge is 0.417 e. The van der Waals surface area contributed by atoms with Gasteiger partial charge in [-0.25, -0.2) is 9.69 Å². The number of carbonyl (C=O) groups is 3. The summed E-state index contributed by atoms with van der Waals surface area (Å²) in [6.07, 6.45) is -0.359. The van der Waals surface area contributed by atoms with Crippen LogP contribution in [0.2, 0.25) is 0 Å². The van der Waals surface area contributed by atoms with Crippen molar-refractivity contribution in [1.29, 1.82) is 0 Å². The minimum Gasteiger partial charge on any atom is -0.461 e. The van der Waals surface area contributed by atoms with E-state index in [0.29, 0.717) is 5.57 Å². The monoisotopic (exact) mass is 412 g/mol. The fourth-order valence-electron chi connectivity index (χ4n) is 4.12. The molecule has 7 heteroatoms. The molecule has 0 radical (unpaired) electrons. The molecule has 2 unspecified atom stereocenters. The van der Waals surface area contributed by atoms with Crippen molar-refractivity contribution in [3.05, 3.63) is 42.0 Å². The lowest BCUT2D eigenvalue weighted by atomic mass is 9.74. The fourth-order valence-corrected chi connectivity index (χ4v) is 4.12. The lowest BCUT2D eigenvalue weighted by Crippen LogP contribution is -2.63. The van der Waals surface area contributed by atoms with Crippen molar-refractivity contribution in [2.75, 3.05) is 6.61 Å². The molecular weight excluding hydrogens is 384 g/mol. The molecule has 3 rings (SSSR count). The third-order valence-corrected chi connectivity index (χ3v) is 5.21. The molecule has 1 aromatic carbocycles. The molecule has 1 fully saturated rings. The minimum absolute atomic E-state index is 0.00612. The molecule has 7 nitrogen and oxygen atoms in total. The summed E-state index contributed by atoms with van der Waals surface area (Å²) in [7, 11) is 0. The molecule has 0 spiro atoms. The number of aliphatic imine (C=N–C) groups is 1. The minimum atomic E-state index is -1.08. The Morgan fingerprint density at radius 1 is 1.30 bits per heavy atom. The van der Waals surface area contributed by atoms with Crippen molar-refractivity contribution < 1.29 is 23.9 Å². The average molecular weight is 412 g/mol. The summed E-state index contributed by atoms with van der Waals surface area (Å²) in [5, 5.41) is 0. The van der Waals surface area contributed by atoms with E-state index in [2.05, 4.69) is 6.58 Å². The summed E-state index contributed by atoms with van der Waals surface area (Å²) in [6, 6.07) is 7.67. The molecule has 0 N–H and O–H groups in total. The second-order valence-electron chi connectivity index (χ2n) is 9.00. The normalized spacial score (nSPS) is 22.7. The Labute approximate surface area is 176 Å². The molecule has 0 bridgehead atoms. The Morgan fingerprint density at radius 2 is 1.97 bits per heavy atom. The van der Waals surface area contributed by atoms with Crippen molar-refractivity contribution >= 4 is 29.4 Å². The van der Waals surface area contributed by atoms with Crippen molar-refractivity contribution in [3.63, 3.8) is 0 Å². The standard InChI is InChI=1S/C23H28N2O5/c1-14(13-29-15(2)26)12-23(6)20-17(16-9-7-8-10-18(16)24-20)11-19(27)25(23)21(28)30-22(3,4)5/h7-10,17H,1,11-13H2,2-6H3. The summed E-state index contributed by atoms with van der Waals surface area (Å²) in [6.45, 7) is 12.4. The Morgan fingerprint density at radius 3 is 2.60 bits per heavy atom. The number of hydrogen-bond donors (Lipinski definition) is 0. The second-order valence-corrected chi connectivity index (χ2v) is 9.00. The number of fused-ring (bicyclic) bond motifs is 3. The SMILES string of the molecule is C=C(COC(C)=O)CC1(C)C2=Nc3ccccc3C2CC(=O)N1C(=O)OC(C)(C)C. The number of piperidine rings is 1. The number of rotatable bonds is 4. The van der Waals surface area contributed by atoms with Crippen molar-refractivity contribution in [2.24, 2.45) is 4.99 Å². The van der Waals surface area contributed by atoms with Crippen molar-refractivity contribution in [3.8, 4) is 0 Å². The Hall–Kier alpha value is -2.96. The summed E-state index contributed by atoms with van der Waals surface area (Å²) < 4.78 is 10.6. The number of nitrogens with zero attached hydrogens (tertiary/aromatic N) is 2. The summed E-state index contributed by atoms with van der Waals surface area (Å²) in [5.41, 5.74) is 1.23. The van der Waals surface area contributed by atoms with E-state index in [1.54, 1.807) is 27.7 Å². The number of hydrogen-bond acceptors (Lipinski definition) is 6. The van der Waals surface area contributed by atoms with Gasteiger partial charge in [-0.3, -0.25) is 14.6 Å². The molecule has 0 aliphatic carbocycles. The highest BCUT2D eigenvalue weighted by atomic mass is 16.6. The van der Waals surface area contributed by atoms with Crippen LogP contribution in [-0.2, 0) is 19.1 Å². The molecule has 2 aliphatic heterocycles. The number of imide groups is 1. The third kappa shape index (κ3) is 4.15. The van der Waals surface area contributed by atoms with Crippen LogP contribution < -0.4 is 0 Å². The zero-order valence-corrected chi connectivity index (χ0v) is 18.2. The van der Waals surface area contributed by atoms with E-state index in [9.17, 15) is 14.4 Å². The van der Waals surface area contributed by atoms with E-state index >= 15 is 0 Å². The largest absolute Gasteiger partial charge is 0.461 e. The van der Waals surface area contributed by atoms with Crippen LogP contribution in [0.25, 0.3) is 0 Å². The first-order chi connectivity index (χ1) is 13.9. The highest BCUT2D eigenvalue weighted by Gasteiger charge is 2.54. The fraction of sp³-hybridized carbons (Fsp3) is 0.478. The van der Waals surface area contributed by atoms with Gasteiger partial charge in [-0.1, -0.05) is 24.8 Å². The third-order valence-electron chi connectivity index (χ3n) is 5.21. The highest BCUT2D eigenvalue weighted by molar-refractivity contribution is 6.14. The molecule has 2 atom stereocenters. The zero-order valence-electron chi connectivity index (χ0n) is 18.2. The van der Waals surface area contributed by atoms with Crippen LogP contribution in [0.3, 0.4) is 0 Å². The van der Waals surface area contributed by atoms with Gasteiger partial charge in [0.15, 0.2) is 0 Å². The first kappa shape index (κ1) is 21.7. The van der Waals surface area contributed by atoms with E-state index in [0.717, 1.165) is 17.0 Å². The quantitative estimate of drug-likeness (QED) is 0.544. The van der Waals surface area contributed by atoms with Crippen LogP contribution >= 0.6 is 0 Å². The number of carbonyl (C=O) groups excluding carboxylic acids is 3. The first-order valence-corrected chi connectivity index (χ1v) is 9.96. The van der Waals surface area contributed by atoms with Gasteiger partial charge in [0.25, 0.3) is 0 Å². The van der Waals surface area contributed by atoms with Crippen LogP contribution in [0.4, 0.5) is 10.5 Å². The van der Waals surface area contributed by atoms with Gasteiger partial charge in [0.05, 0.1) is 16.9 Å². The van der Waals surface area contributed by atoms with Gasteiger partial charge >= 0.3 is 12.1 Å². The van der Waals surface area contributed by atoms with E-state index in [-0.39, 0.29) is 31.3 Å². The number of benzene rings is 1. The molecule has 30 heavy (non-hydrogen) atoms. The maximum Gasteiger partial charge on any atom is 0.417 e. The molecular formula is C23H28N2O5. The van der Waals surface area contributed by atoms with Crippen LogP contribution in [0.15, 0.2) is 41.4 Å². The van der Waals surface area contributed by atoms with Gasteiger partial charge in [0.2, 0.25) is 5.91 Å². The van der Waals surface area contributed by atoms with Crippen molar-refractivity contribution in [1.82, 2.24) is 4.90 Å². The van der Waals surface area contributed by atoms with Gasteiger partial charge in [-0.15, -0.1) is 0 Å². The molecule has 2 heterocycles. The van der Waals surface area contributed by atoms with Crippen LogP contribution in [0.1, 0.15) is 58.9 Å². The van der Waals surface area contributed by atoms with E-state index in [1.807, 2.05) is 24.3 Å².